The Morgan fingerprint density at radius 3 is 2.47 bits per heavy atom. The summed E-state index contributed by atoms with van der Waals surface area (Å²) in [5.41, 5.74) is 2.30. The molecule has 2 aliphatic heterocycles. The number of aryl methyl sites for hydroxylation is 1. The number of para-hydroxylation sites is 1. The fraction of sp³-hybridized carbons (Fsp3) is 0.458. The normalized spacial score (nSPS) is 20.1. The number of likely N-dealkylation sites (N-methyl/N-ethyl adjacent to an activating group) is 1. The number of thioether (sulfide) groups is 1. The molecule has 3 heterocycles. The maximum absolute atomic E-state index is 13.5. The maximum atomic E-state index is 13.5. The fourth-order valence-corrected chi connectivity index (χ4v) is 5.88. The first kappa shape index (κ1) is 23.0. The lowest BCUT2D eigenvalue weighted by Crippen LogP contribution is -2.47. The molecule has 2 fully saturated rings. The van der Waals surface area contributed by atoms with Crippen LogP contribution in [0.15, 0.2) is 34.0 Å². The highest BCUT2D eigenvalue weighted by Crippen LogP contribution is 2.37. The predicted molar refractivity (Wildman–Crippen MR) is 138 cm³/mol. The quantitative estimate of drug-likeness (QED) is 0.491. The van der Waals surface area contributed by atoms with Crippen LogP contribution in [0.1, 0.15) is 32.8 Å². The maximum Gasteiger partial charge on any atom is 0.266 e. The number of benzene rings is 1. The number of fused-ring (bicyclic) bond motifs is 1. The Morgan fingerprint density at radius 1 is 1.12 bits per heavy atom. The second-order valence-corrected chi connectivity index (χ2v) is 10.0. The lowest BCUT2D eigenvalue weighted by molar-refractivity contribution is -0.123. The van der Waals surface area contributed by atoms with Gasteiger partial charge in [-0.25, -0.2) is 0 Å². The van der Waals surface area contributed by atoms with E-state index in [1.807, 2.05) is 32.0 Å². The number of hydrogen-bond donors (Lipinski definition) is 0. The molecule has 1 atom stereocenters. The van der Waals surface area contributed by atoms with Crippen LogP contribution in [-0.2, 0) is 11.8 Å². The van der Waals surface area contributed by atoms with Gasteiger partial charge in [0.2, 0.25) is 0 Å². The van der Waals surface area contributed by atoms with E-state index in [0.717, 1.165) is 55.7 Å². The zero-order chi connectivity index (χ0) is 23.0. The first-order chi connectivity index (χ1) is 15.4. The molecule has 1 aromatic heterocycles. The monoisotopic (exact) mass is 470 g/mol. The van der Waals surface area contributed by atoms with Gasteiger partial charge in [-0.2, -0.15) is 0 Å². The number of amides is 1. The number of aromatic nitrogens is 1. The number of carbonyl (C=O) groups excluding carboxylic acids is 1. The van der Waals surface area contributed by atoms with Crippen molar-refractivity contribution < 1.29 is 4.79 Å². The van der Waals surface area contributed by atoms with Crippen LogP contribution in [0.4, 0.5) is 5.69 Å². The summed E-state index contributed by atoms with van der Waals surface area (Å²) in [6, 6.07) is 8.05. The largest absolute Gasteiger partial charge is 0.368 e. The van der Waals surface area contributed by atoms with E-state index < -0.39 is 0 Å². The highest BCUT2D eigenvalue weighted by atomic mass is 32.2. The molecule has 0 spiro atoms. The minimum Gasteiger partial charge on any atom is -0.368 e. The van der Waals surface area contributed by atoms with Gasteiger partial charge in [0, 0.05) is 44.7 Å². The number of piperazine rings is 1. The number of pyridine rings is 1. The molecule has 0 aliphatic carbocycles. The molecule has 170 valence electrons. The zero-order valence-electron chi connectivity index (χ0n) is 19.1. The van der Waals surface area contributed by atoms with Crippen molar-refractivity contribution in [3.05, 3.63) is 45.1 Å². The average Bonchev–Trinajstić information content (AvgIpc) is 3.09. The summed E-state index contributed by atoms with van der Waals surface area (Å²) < 4.78 is 2.24. The Hall–Kier alpha value is -2.16. The second-order valence-electron chi connectivity index (χ2n) is 8.37. The van der Waals surface area contributed by atoms with E-state index in [2.05, 4.69) is 22.8 Å². The van der Waals surface area contributed by atoms with Crippen molar-refractivity contribution in [2.45, 2.75) is 33.2 Å². The van der Waals surface area contributed by atoms with Gasteiger partial charge in [-0.05, 0) is 32.0 Å². The molecule has 2 aromatic rings. The minimum atomic E-state index is -0.105. The van der Waals surface area contributed by atoms with Crippen LogP contribution in [-0.4, -0.2) is 63.4 Å². The SMILES string of the molecule is CCC(C)N1C(=O)C(=Cc2c(N3CCN(CC)CC3)c3ccccc3n(C)c2=O)SC1=S. The Labute approximate surface area is 198 Å². The Morgan fingerprint density at radius 2 is 1.81 bits per heavy atom. The van der Waals surface area contributed by atoms with Crippen LogP contribution >= 0.6 is 24.0 Å². The lowest BCUT2D eigenvalue weighted by Gasteiger charge is -2.37. The van der Waals surface area contributed by atoms with Gasteiger partial charge in [0.1, 0.15) is 4.32 Å². The molecule has 0 bridgehead atoms. The molecule has 6 nitrogen and oxygen atoms in total. The number of hydrogen-bond acceptors (Lipinski definition) is 6. The van der Waals surface area contributed by atoms with E-state index in [1.54, 1.807) is 22.6 Å². The smallest absolute Gasteiger partial charge is 0.266 e. The molecule has 0 saturated carbocycles. The van der Waals surface area contributed by atoms with E-state index >= 15 is 0 Å². The standard InChI is InChI=1S/C24H30N4O2S2/c1-5-16(3)28-23(30)20(32-24(28)31)15-18-21(27-13-11-26(6-2)12-14-27)17-9-7-8-10-19(17)25(4)22(18)29/h7-10,15-16H,5-6,11-14H2,1-4H3. The summed E-state index contributed by atoms with van der Waals surface area (Å²) in [5.74, 6) is -0.105. The van der Waals surface area contributed by atoms with Crippen LogP contribution < -0.4 is 10.5 Å². The van der Waals surface area contributed by atoms with Crippen molar-refractivity contribution in [1.29, 1.82) is 0 Å². The van der Waals surface area contributed by atoms with Crippen molar-refractivity contribution in [1.82, 2.24) is 14.4 Å². The minimum absolute atomic E-state index is 0.0365. The first-order valence-corrected chi connectivity index (χ1v) is 12.5. The molecule has 2 aliphatic rings. The zero-order valence-corrected chi connectivity index (χ0v) is 20.8. The van der Waals surface area contributed by atoms with E-state index in [-0.39, 0.29) is 17.5 Å². The number of thiocarbonyl (C=S) groups is 1. The highest BCUT2D eigenvalue weighted by Gasteiger charge is 2.35. The van der Waals surface area contributed by atoms with Crippen LogP contribution in [0, 0.1) is 0 Å². The molecule has 1 amide bonds. The van der Waals surface area contributed by atoms with Gasteiger partial charge < -0.3 is 14.4 Å². The van der Waals surface area contributed by atoms with Gasteiger partial charge in [0.05, 0.1) is 21.7 Å². The molecule has 0 N–H and O–H groups in total. The van der Waals surface area contributed by atoms with Crippen molar-refractivity contribution in [2.24, 2.45) is 7.05 Å². The summed E-state index contributed by atoms with van der Waals surface area (Å²) in [6.45, 7) is 10.8. The summed E-state index contributed by atoms with van der Waals surface area (Å²) in [7, 11) is 1.80. The van der Waals surface area contributed by atoms with E-state index in [9.17, 15) is 9.59 Å². The van der Waals surface area contributed by atoms with Crippen molar-refractivity contribution in [2.75, 3.05) is 37.6 Å². The highest BCUT2D eigenvalue weighted by molar-refractivity contribution is 8.26. The molecule has 1 unspecified atom stereocenters. The first-order valence-electron chi connectivity index (χ1n) is 11.2. The third-order valence-corrected chi connectivity index (χ3v) is 7.91. The summed E-state index contributed by atoms with van der Waals surface area (Å²) in [4.78, 5) is 33.6. The Bertz CT molecular complexity index is 1150. The number of rotatable bonds is 5. The van der Waals surface area contributed by atoms with Gasteiger partial charge in [-0.1, -0.05) is 56.0 Å². The number of nitrogens with zero attached hydrogens (tertiary/aromatic N) is 4. The molecule has 32 heavy (non-hydrogen) atoms. The van der Waals surface area contributed by atoms with Crippen LogP contribution in [0.3, 0.4) is 0 Å². The predicted octanol–water partition coefficient (Wildman–Crippen LogP) is 3.68. The Kier molecular flexibility index (Phi) is 6.74. The van der Waals surface area contributed by atoms with Gasteiger partial charge in [0.25, 0.3) is 11.5 Å². The average molecular weight is 471 g/mol. The van der Waals surface area contributed by atoms with E-state index in [0.29, 0.717) is 14.8 Å². The molecular weight excluding hydrogens is 440 g/mol. The number of anilines is 1. The van der Waals surface area contributed by atoms with Crippen LogP contribution in [0.5, 0.6) is 0 Å². The van der Waals surface area contributed by atoms with Gasteiger partial charge >= 0.3 is 0 Å². The number of carbonyl (C=O) groups is 1. The van der Waals surface area contributed by atoms with Crippen LogP contribution in [0.2, 0.25) is 0 Å². The molecule has 1 aromatic carbocycles. The topological polar surface area (TPSA) is 48.8 Å². The molecule has 0 radical (unpaired) electrons. The Balaban J connectivity index is 1.87. The van der Waals surface area contributed by atoms with Gasteiger partial charge in [-0.15, -0.1) is 0 Å². The summed E-state index contributed by atoms with van der Waals surface area (Å²) >= 11 is 6.79. The van der Waals surface area contributed by atoms with Crippen molar-refractivity contribution in [3.8, 4) is 0 Å². The van der Waals surface area contributed by atoms with Gasteiger partial charge in [-0.3, -0.25) is 14.5 Å². The van der Waals surface area contributed by atoms with Crippen molar-refractivity contribution in [3.63, 3.8) is 0 Å². The third kappa shape index (κ3) is 4.00. The van der Waals surface area contributed by atoms with E-state index in [4.69, 9.17) is 12.2 Å². The van der Waals surface area contributed by atoms with Crippen LogP contribution in [0.25, 0.3) is 17.0 Å². The second kappa shape index (κ2) is 9.37. The summed E-state index contributed by atoms with van der Waals surface area (Å²) in [5, 5.41) is 1.03. The van der Waals surface area contributed by atoms with Gasteiger partial charge in [0.15, 0.2) is 0 Å². The summed E-state index contributed by atoms with van der Waals surface area (Å²) in [6.07, 6.45) is 2.60. The fourth-order valence-electron chi connectivity index (χ4n) is 4.43. The lowest BCUT2D eigenvalue weighted by atomic mass is 10.1. The molecule has 8 heteroatoms. The van der Waals surface area contributed by atoms with Crippen molar-refractivity contribution >= 4 is 56.9 Å². The third-order valence-electron chi connectivity index (χ3n) is 6.58. The van der Waals surface area contributed by atoms with E-state index in [1.165, 1.54) is 11.8 Å². The molecule has 2 saturated heterocycles. The molecule has 4 rings (SSSR count). The molecular formula is C24H30N4O2S2.